The van der Waals surface area contributed by atoms with Crippen LogP contribution in [0.15, 0.2) is 30.3 Å². The zero-order valence-electron chi connectivity index (χ0n) is 11.2. The van der Waals surface area contributed by atoms with Crippen LogP contribution in [0.25, 0.3) is 10.9 Å². The third-order valence-electron chi connectivity index (χ3n) is 3.51. The molecule has 2 aromatic rings. The number of benzene rings is 1. The van der Waals surface area contributed by atoms with Crippen LogP contribution in [-0.2, 0) is 6.54 Å². The van der Waals surface area contributed by atoms with Gasteiger partial charge in [-0.05, 0) is 32.5 Å². The van der Waals surface area contributed by atoms with Gasteiger partial charge in [0.05, 0.1) is 5.52 Å². The van der Waals surface area contributed by atoms with Gasteiger partial charge in [0.15, 0.2) is 0 Å². The van der Waals surface area contributed by atoms with Crippen molar-refractivity contribution in [2.75, 3.05) is 7.05 Å². The summed E-state index contributed by atoms with van der Waals surface area (Å²) in [4.78, 5) is 6.76. The van der Waals surface area contributed by atoms with Gasteiger partial charge in [-0.3, -0.25) is 4.90 Å². The van der Waals surface area contributed by atoms with E-state index in [1.807, 2.05) is 18.2 Å². The van der Waals surface area contributed by atoms with Crippen LogP contribution >= 0.6 is 11.6 Å². The quantitative estimate of drug-likeness (QED) is 0.771. The van der Waals surface area contributed by atoms with Gasteiger partial charge in [0.2, 0.25) is 0 Å². The van der Waals surface area contributed by atoms with Crippen molar-refractivity contribution >= 4 is 22.5 Å². The third kappa shape index (κ3) is 2.82. The van der Waals surface area contributed by atoms with Crippen molar-refractivity contribution in [2.24, 2.45) is 0 Å². The van der Waals surface area contributed by atoms with E-state index in [0.717, 1.165) is 29.4 Å². The van der Waals surface area contributed by atoms with Crippen molar-refractivity contribution in [1.29, 1.82) is 0 Å². The van der Waals surface area contributed by atoms with Crippen molar-refractivity contribution in [3.63, 3.8) is 0 Å². The molecule has 0 aliphatic carbocycles. The van der Waals surface area contributed by atoms with E-state index in [0.29, 0.717) is 11.2 Å². The van der Waals surface area contributed by atoms with Gasteiger partial charge in [-0.25, -0.2) is 4.98 Å². The predicted molar refractivity (Wildman–Crippen MR) is 78.0 cm³/mol. The van der Waals surface area contributed by atoms with Gasteiger partial charge < -0.3 is 0 Å². The van der Waals surface area contributed by atoms with Crippen LogP contribution in [0.3, 0.4) is 0 Å². The molecule has 2 rings (SSSR count). The van der Waals surface area contributed by atoms with E-state index < -0.39 is 0 Å². The first-order valence-electron chi connectivity index (χ1n) is 6.36. The summed E-state index contributed by atoms with van der Waals surface area (Å²) >= 11 is 6.26. The Morgan fingerprint density at radius 2 is 2.06 bits per heavy atom. The zero-order chi connectivity index (χ0) is 13.1. The van der Waals surface area contributed by atoms with Crippen LogP contribution in [-0.4, -0.2) is 23.0 Å². The van der Waals surface area contributed by atoms with Crippen LogP contribution in [0.4, 0.5) is 0 Å². The average molecular weight is 263 g/mol. The van der Waals surface area contributed by atoms with Crippen molar-refractivity contribution < 1.29 is 0 Å². The summed E-state index contributed by atoms with van der Waals surface area (Å²) in [5, 5.41) is 1.76. The van der Waals surface area contributed by atoms with Gasteiger partial charge in [-0.1, -0.05) is 36.7 Å². The van der Waals surface area contributed by atoms with Crippen LogP contribution in [0.2, 0.25) is 5.15 Å². The van der Waals surface area contributed by atoms with E-state index in [2.05, 4.69) is 42.9 Å². The van der Waals surface area contributed by atoms with E-state index in [9.17, 15) is 0 Å². The van der Waals surface area contributed by atoms with Crippen LogP contribution in [0.1, 0.15) is 25.8 Å². The lowest BCUT2D eigenvalue weighted by Gasteiger charge is -2.23. The Hall–Kier alpha value is -1.12. The molecule has 0 aliphatic heterocycles. The maximum absolute atomic E-state index is 6.26. The predicted octanol–water partition coefficient (Wildman–Crippen LogP) is 4.12. The number of pyridine rings is 1. The molecule has 0 aliphatic rings. The smallest absolute Gasteiger partial charge is 0.134 e. The first-order chi connectivity index (χ1) is 8.61. The van der Waals surface area contributed by atoms with E-state index in [4.69, 9.17) is 11.6 Å². The summed E-state index contributed by atoms with van der Waals surface area (Å²) in [6.07, 6.45) is 1.13. The van der Waals surface area contributed by atoms with E-state index in [1.54, 1.807) is 0 Å². The first kappa shape index (κ1) is 13.3. The van der Waals surface area contributed by atoms with Crippen LogP contribution < -0.4 is 0 Å². The molecule has 0 N–H and O–H groups in total. The molecule has 18 heavy (non-hydrogen) atoms. The van der Waals surface area contributed by atoms with Gasteiger partial charge in [-0.15, -0.1) is 0 Å². The standard InChI is InChI=1S/C15H19ClN2/c1-4-11(2)18(3)10-13-9-12-7-5-6-8-14(12)17-15(13)16/h5-9,11H,4,10H2,1-3H3. The fraction of sp³-hybridized carbons (Fsp3) is 0.400. The molecule has 0 radical (unpaired) electrons. The molecular weight excluding hydrogens is 244 g/mol. The largest absolute Gasteiger partial charge is 0.299 e. The van der Waals surface area contributed by atoms with Gasteiger partial charge in [0.25, 0.3) is 0 Å². The molecule has 1 atom stereocenters. The minimum absolute atomic E-state index is 0.549. The Balaban J connectivity index is 2.30. The maximum atomic E-state index is 6.26. The molecule has 1 unspecified atom stereocenters. The monoisotopic (exact) mass is 262 g/mol. The minimum Gasteiger partial charge on any atom is -0.299 e. The number of fused-ring (bicyclic) bond motifs is 1. The highest BCUT2D eigenvalue weighted by molar-refractivity contribution is 6.30. The highest BCUT2D eigenvalue weighted by atomic mass is 35.5. The number of hydrogen-bond donors (Lipinski definition) is 0. The molecule has 0 saturated carbocycles. The summed E-state index contributed by atoms with van der Waals surface area (Å²) in [5.41, 5.74) is 2.05. The van der Waals surface area contributed by atoms with Crippen molar-refractivity contribution in [1.82, 2.24) is 9.88 Å². The molecule has 96 valence electrons. The van der Waals surface area contributed by atoms with E-state index >= 15 is 0 Å². The fourth-order valence-electron chi connectivity index (χ4n) is 1.98. The second-order valence-electron chi connectivity index (χ2n) is 4.80. The average Bonchev–Trinajstić information content (AvgIpc) is 2.38. The van der Waals surface area contributed by atoms with Crippen molar-refractivity contribution in [3.8, 4) is 0 Å². The lowest BCUT2D eigenvalue weighted by Crippen LogP contribution is -2.27. The summed E-state index contributed by atoms with van der Waals surface area (Å²) in [6, 6.07) is 10.8. The molecule has 0 fully saturated rings. The molecular formula is C15H19ClN2. The first-order valence-corrected chi connectivity index (χ1v) is 6.74. The van der Waals surface area contributed by atoms with Gasteiger partial charge in [0.1, 0.15) is 5.15 Å². The second kappa shape index (κ2) is 5.68. The zero-order valence-corrected chi connectivity index (χ0v) is 11.9. The molecule has 2 nitrogen and oxygen atoms in total. The third-order valence-corrected chi connectivity index (χ3v) is 3.84. The van der Waals surface area contributed by atoms with Crippen molar-refractivity contribution in [2.45, 2.75) is 32.9 Å². The number of nitrogens with zero attached hydrogens (tertiary/aromatic N) is 2. The summed E-state index contributed by atoms with van der Waals surface area (Å²) in [5.74, 6) is 0. The number of rotatable bonds is 4. The Morgan fingerprint density at radius 3 is 2.78 bits per heavy atom. The molecule has 3 heteroatoms. The minimum atomic E-state index is 0.549. The molecule has 0 saturated heterocycles. The number of para-hydroxylation sites is 1. The van der Waals surface area contributed by atoms with Crippen LogP contribution in [0.5, 0.6) is 0 Å². The molecule has 0 spiro atoms. The molecule has 1 heterocycles. The fourth-order valence-corrected chi connectivity index (χ4v) is 2.19. The normalized spacial score (nSPS) is 13.2. The Bertz CT molecular complexity index is 539. The molecule has 0 bridgehead atoms. The molecule has 1 aromatic heterocycles. The maximum Gasteiger partial charge on any atom is 0.134 e. The highest BCUT2D eigenvalue weighted by Crippen LogP contribution is 2.22. The Morgan fingerprint density at radius 1 is 1.33 bits per heavy atom. The second-order valence-corrected chi connectivity index (χ2v) is 5.16. The molecule has 0 amide bonds. The number of aromatic nitrogens is 1. The van der Waals surface area contributed by atoms with Gasteiger partial charge >= 0.3 is 0 Å². The lowest BCUT2D eigenvalue weighted by molar-refractivity contribution is 0.244. The lowest BCUT2D eigenvalue weighted by atomic mass is 10.1. The highest BCUT2D eigenvalue weighted by Gasteiger charge is 2.11. The summed E-state index contributed by atoms with van der Waals surface area (Å²) < 4.78 is 0. The summed E-state index contributed by atoms with van der Waals surface area (Å²) in [6.45, 7) is 5.26. The Kier molecular flexibility index (Phi) is 4.20. The summed E-state index contributed by atoms with van der Waals surface area (Å²) in [7, 11) is 2.12. The van der Waals surface area contributed by atoms with Gasteiger partial charge in [-0.2, -0.15) is 0 Å². The van der Waals surface area contributed by atoms with Crippen molar-refractivity contribution in [3.05, 3.63) is 41.0 Å². The number of hydrogen-bond acceptors (Lipinski definition) is 2. The SMILES string of the molecule is CCC(C)N(C)Cc1cc2ccccc2nc1Cl. The number of halogens is 1. The van der Waals surface area contributed by atoms with Gasteiger partial charge in [0, 0.05) is 23.5 Å². The Labute approximate surface area is 114 Å². The van der Waals surface area contributed by atoms with E-state index in [-0.39, 0.29) is 0 Å². The van der Waals surface area contributed by atoms with E-state index in [1.165, 1.54) is 0 Å². The topological polar surface area (TPSA) is 16.1 Å². The molecule has 1 aromatic carbocycles. The van der Waals surface area contributed by atoms with Crippen LogP contribution in [0, 0.1) is 0 Å².